The van der Waals surface area contributed by atoms with Crippen molar-refractivity contribution in [2.45, 2.75) is 0 Å². The summed E-state index contributed by atoms with van der Waals surface area (Å²) in [6.07, 6.45) is 9.51. The molecule has 1 aromatic carbocycles. The molecule has 0 saturated carbocycles. The van der Waals surface area contributed by atoms with E-state index in [0.29, 0.717) is 0 Å². The zero-order valence-electron chi connectivity index (χ0n) is 8.90. The van der Waals surface area contributed by atoms with Crippen LogP contribution < -0.4 is 4.68 Å². The second-order valence-electron chi connectivity index (χ2n) is 3.29. The molecule has 16 heavy (non-hydrogen) atoms. The Kier molecular flexibility index (Phi) is 3.61. The number of allylic oxidation sites excluding steroid dienone is 1. The highest BCUT2D eigenvalue weighted by Gasteiger charge is 1.88. The summed E-state index contributed by atoms with van der Waals surface area (Å²) in [7, 11) is 0. The molecule has 0 radical (unpaired) electrons. The zero-order valence-corrected chi connectivity index (χ0v) is 8.90. The Morgan fingerprint density at radius 1 is 0.875 bits per heavy atom. The van der Waals surface area contributed by atoms with Gasteiger partial charge in [0, 0.05) is 12.1 Å². The summed E-state index contributed by atoms with van der Waals surface area (Å²) in [6, 6.07) is 16.0. The molecule has 2 rings (SSSR count). The molecule has 0 bridgehead atoms. The van der Waals surface area contributed by atoms with Crippen molar-refractivity contribution in [1.29, 1.82) is 0 Å². The van der Waals surface area contributed by atoms with E-state index in [1.165, 1.54) is 5.56 Å². The fraction of sp³-hybridized carbons (Fsp3) is 0. The minimum Gasteiger partial charge on any atom is -0.0622 e. The number of rotatable bonds is 3. The number of aromatic nitrogens is 1. The lowest BCUT2D eigenvalue weighted by atomic mass is 10.2. The van der Waals surface area contributed by atoms with Crippen LogP contribution in [-0.2, 0) is 0 Å². The first kappa shape index (κ1) is 10.3. The van der Waals surface area contributed by atoms with E-state index < -0.39 is 0 Å². The number of pyridine rings is 1. The van der Waals surface area contributed by atoms with Gasteiger partial charge in [-0.15, -0.1) is 0 Å². The molecule has 2 aromatic rings. The van der Waals surface area contributed by atoms with Crippen molar-refractivity contribution in [3.63, 3.8) is 0 Å². The van der Waals surface area contributed by atoms with Crippen LogP contribution in [0, 0.1) is 0 Å². The SMILES string of the molecule is C(/C=C/c1ccccc1)=N/[n+]1ccccc1. The minimum atomic E-state index is 1.17. The molecular weight excluding hydrogens is 196 g/mol. The van der Waals surface area contributed by atoms with Crippen LogP contribution in [0.1, 0.15) is 5.56 Å². The van der Waals surface area contributed by atoms with Crippen molar-refractivity contribution in [3.8, 4) is 0 Å². The molecule has 0 fully saturated rings. The monoisotopic (exact) mass is 209 g/mol. The molecule has 0 atom stereocenters. The van der Waals surface area contributed by atoms with Crippen LogP contribution in [0.3, 0.4) is 0 Å². The molecule has 1 heterocycles. The Labute approximate surface area is 95.2 Å². The van der Waals surface area contributed by atoms with Crippen molar-refractivity contribution in [1.82, 2.24) is 0 Å². The Morgan fingerprint density at radius 3 is 2.31 bits per heavy atom. The maximum Gasteiger partial charge on any atom is 0.202 e. The largest absolute Gasteiger partial charge is 0.202 e. The number of hydrogen-bond acceptors (Lipinski definition) is 1. The van der Waals surface area contributed by atoms with Crippen LogP contribution >= 0.6 is 0 Å². The molecule has 0 aliphatic carbocycles. The summed E-state index contributed by atoms with van der Waals surface area (Å²) in [4.78, 5) is 0. The van der Waals surface area contributed by atoms with Gasteiger partial charge in [0.15, 0.2) is 0 Å². The van der Waals surface area contributed by atoms with Gasteiger partial charge >= 0.3 is 0 Å². The van der Waals surface area contributed by atoms with E-state index in [2.05, 4.69) is 17.2 Å². The molecule has 0 amide bonds. The highest BCUT2D eigenvalue weighted by atomic mass is 15.3. The zero-order chi connectivity index (χ0) is 11.1. The van der Waals surface area contributed by atoms with E-state index in [1.807, 2.05) is 60.9 Å². The Balaban J connectivity index is 1.98. The van der Waals surface area contributed by atoms with Gasteiger partial charge < -0.3 is 0 Å². The van der Waals surface area contributed by atoms with E-state index in [1.54, 1.807) is 10.9 Å². The number of hydrogen-bond donors (Lipinski definition) is 0. The third-order valence-electron chi connectivity index (χ3n) is 2.07. The van der Waals surface area contributed by atoms with E-state index in [9.17, 15) is 0 Å². The third kappa shape index (κ3) is 3.17. The van der Waals surface area contributed by atoms with Gasteiger partial charge in [0.25, 0.3) is 0 Å². The van der Waals surface area contributed by atoms with Gasteiger partial charge in [0.2, 0.25) is 12.4 Å². The minimum absolute atomic E-state index is 1.17. The molecule has 78 valence electrons. The number of nitrogens with zero attached hydrogens (tertiary/aromatic N) is 2. The molecule has 0 N–H and O–H groups in total. The molecule has 0 unspecified atom stereocenters. The smallest absolute Gasteiger partial charge is 0.0622 e. The number of benzene rings is 1. The van der Waals surface area contributed by atoms with E-state index >= 15 is 0 Å². The molecule has 0 aliphatic rings. The predicted molar refractivity (Wildman–Crippen MR) is 66.0 cm³/mol. The van der Waals surface area contributed by atoms with Gasteiger partial charge in [-0.2, -0.15) is 0 Å². The first-order valence-corrected chi connectivity index (χ1v) is 5.17. The Bertz CT molecular complexity index is 425. The molecule has 0 aliphatic heterocycles. The first-order valence-electron chi connectivity index (χ1n) is 5.17. The topological polar surface area (TPSA) is 16.2 Å². The lowest BCUT2D eigenvalue weighted by molar-refractivity contribution is -0.678. The van der Waals surface area contributed by atoms with Crippen LogP contribution in [-0.4, -0.2) is 6.21 Å². The Hall–Kier alpha value is -2.22. The normalized spacial score (nSPS) is 11.2. The lowest BCUT2D eigenvalue weighted by Gasteiger charge is -1.87. The standard InChI is InChI=1S/C14H13N2/c1-3-8-14(9-4-1)10-7-11-15-16-12-5-2-6-13-16/h1-13H/q+1/b10-7+,15-11-. The summed E-state index contributed by atoms with van der Waals surface area (Å²) < 4.78 is 1.76. The van der Waals surface area contributed by atoms with Crippen molar-refractivity contribution >= 4 is 12.3 Å². The fourth-order valence-electron chi connectivity index (χ4n) is 1.30. The van der Waals surface area contributed by atoms with E-state index in [-0.39, 0.29) is 0 Å². The predicted octanol–water partition coefficient (Wildman–Crippen LogP) is 2.52. The second kappa shape index (κ2) is 5.61. The van der Waals surface area contributed by atoms with Crippen LogP contribution in [0.15, 0.2) is 72.1 Å². The average Bonchev–Trinajstić information content (AvgIpc) is 2.37. The molecule has 2 nitrogen and oxygen atoms in total. The quantitative estimate of drug-likeness (QED) is 0.545. The van der Waals surface area contributed by atoms with E-state index in [4.69, 9.17) is 0 Å². The van der Waals surface area contributed by atoms with Gasteiger partial charge in [-0.25, -0.2) is 0 Å². The fourth-order valence-corrected chi connectivity index (χ4v) is 1.30. The van der Waals surface area contributed by atoms with Crippen molar-refractivity contribution < 1.29 is 4.68 Å². The van der Waals surface area contributed by atoms with Gasteiger partial charge in [-0.1, -0.05) is 47.2 Å². The van der Waals surface area contributed by atoms with Crippen LogP contribution in [0.2, 0.25) is 0 Å². The van der Waals surface area contributed by atoms with Gasteiger partial charge in [0.1, 0.15) is 0 Å². The summed E-state index contributed by atoms with van der Waals surface area (Å²) in [5.74, 6) is 0. The summed E-state index contributed by atoms with van der Waals surface area (Å²) in [5, 5.41) is 4.23. The lowest BCUT2D eigenvalue weighted by Crippen LogP contribution is -2.25. The molecule has 0 spiro atoms. The maximum absolute atomic E-state index is 4.23. The van der Waals surface area contributed by atoms with Crippen LogP contribution in [0.5, 0.6) is 0 Å². The summed E-state index contributed by atoms with van der Waals surface area (Å²) in [5.41, 5.74) is 1.17. The van der Waals surface area contributed by atoms with Crippen molar-refractivity contribution in [3.05, 3.63) is 72.6 Å². The van der Waals surface area contributed by atoms with Crippen LogP contribution in [0.25, 0.3) is 6.08 Å². The first-order chi connectivity index (χ1) is 7.95. The van der Waals surface area contributed by atoms with Crippen molar-refractivity contribution in [2.24, 2.45) is 5.10 Å². The van der Waals surface area contributed by atoms with E-state index in [0.717, 1.165) is 0 Å². The molecular formula is C14H13N2+. The highest BCUT2D eigenvalue weighted by molar-refractivity contribution is 5.77. The van der Waals surface area contributed by atoms with Gasteiger partial charge in [0.05, 0.1) is 6.21 Å². The second-order valence-corrected chi connectivity index (χ2v) is 3.29. The average molecular weight is 209 g/mol. The Morgan fingerprint density at radius 2 is 1.56 bits per heavy atom. The highest BCUT2D eigenvalue weighted by Crippen LogP contribution is 1.99. The molecule has 0 saturated heterocycles. The summed E-state index contributed by atoms with van der Waals surface area (Å²) in [6.45, 7) is 0. The molecule has 1 aromatic heterocycles. The third-order valence-corrected chi connectivity index (χ3v) is 2.07. The van der Waals surface area contributed by atoms with Gasteiger partial charge in [-0.05, 0) is 16.7 Å². The molecule has 2 heteroatoms. The van der Waals surface area contributed by atoms with Gasteiger partial charge in [-0.3, -0.25) is 0 Å². The van der Waals surface area contributed by atoms with Crippen molar-refractivity contribution in [2.75, 3.05) is 0 Å². The maximum atomic E-state index is 4.23. The van der Waals surface area contributed by atoms with Crippen LogP contribution in [0.4, 0.5) is 0 Å². The summed E-state index contributed by atoms with van der Waals surface area (Å²) >= 11 is 0.